The normalized spacial score (nSPS) is 10.8. The maximum absolute atomic E-state index is 13.7. The molecular formula is C11H8BrClFNO2. The van der Waals surface area contributed by atoms with Crippen LogP contribution in [-0.4, -0.2) is 17.6 Å². The SMILES string of the molecule is CCOC(=O)c1cc2c(Br)cc(Cl)c(F)c2[nH]1. The Kier molecular flexibility index (Phi) is 3.40. The van der Waals surface area contributed by atoms with E-state index >= 15 is 0 Å². The number of hydrogen-bond donors (Lipinski definition) is 1. The maximum Gasteiger partial charge on any atom is 0.354 e. The first-order valence-electron chi connectivity index (χ1n) is 4.88. The van der Waals surface area contributed by atoms with Crippen LogP contribution in [0.25, 0.3) is 10.9 Å². The number of aromatic amines is 1. The van der Waals surface area contributed by atoms with Gasteiger partial charge >= 0.3 is 5.97 Å². The molecule has 0 aliphatic carbocycles. The minimum absolute atomic E-state index is 0.0124. The van der Waals surface area contributed by atoms with Crippen LogP contribution in [-0.2, 0) is 4.74 Å². The number of hydrogen-bond acceptors (Lipinski definition) is 2. The Morgan fingerprint density at radius 3 is 2.94 bits per heavy atom. The third kappa shape index (κ3) is 2.17. The molecule has 0 amide bonds. The van der Waals surface area contributed by atoms with E-state index in [2.05, 4.69) is 20.9 Å². The molecule has 6 heteroatoms. The number of rotatable bonds is 2. The molecule has 0 unspecified atom stereocenters. The van der Waals surface area contributed by atoms with Crippen LogP contribution in [0.5, 0.6) is 0 Å². The average molecular weight is 321 g/mol. The summed E-state index contributed by atoms with van der Waals surface area (Å²) in [6.07, 6.45) is 0. The number of aromatic nitrogens is 1. The van der Waals surface area contributed by atoms with E-state index in [1.165, 1.54) is 12.1 Å². The van der Waals surface area contributed by atoms with Gasteiger partial charge in [0, 0.05) is 9.86 Å². The van der Waals surface area contributed by atoms with Crippen molar-refractivity contribution in [3.05, 3.63) is 33.1 Å². The lowest BCUT2D eigenvalue weighted by Gasteiger charge is -1.98. The van der Waals surface area contributed by atoms with Gasteiger partial charge in [0.2, 0.25) is 0 Å². The van der Waals surface area contributed by atoms with Gasteiger partial charge in [0.25, 0.3) is 0 Å². The van der Waals surface area contributed by atoms with Crippen molar-refractivity contribution in [2.75, 3.05) is 6.61 Å². The molecule has 1 aromatic heterocycles. The number of ether oxygens (including phenoxy) is 1. The van der Waals surface area contributed by atoms with Gasteiger partial charge in [-0.05, 0) is 19.1 Å². The molecule has 3 nitrogen and oxygen atoms in total. The Hall–Kier alpha value is -1.07. The van der Waals surface area contributed by atoms with Gasteiger partial charge in [-0.25, -0.2) is 9.18 Å². The molecule has 90 valence electrons. The van der Waals surface area contributed by atoms with Gasteiger partial charge in [0.15, 0.2) is 5.82 Å². The van der Waals surface area contributed by atoms with Gasteiger partial charge in [-0.1, -0.05) is 27.5 Å². The topological polar surface area (TPSA) is 42.1 Å². The highest BCUT2D eigenvalue weighted by Crippen LogP contribution is 2.32. The third-order valence-electron chi connectivity index (χ3n) is 2.25. The second kappa shape index (κ2) is 4.66. The van der Waals surface area contributed by atoms with Crippen molar-refractivity contribution in [3.63, 3.8) is 0 Å². The van der Waals surface area contributed by atoms with Crippen LogP contribution in [0, 0.1) is 5.82 Å². The zero-order valence-electron chi connectivity index (χ0n) is 8.81. The van der Waals surface area contributed by atoms with Crippen molar-refractivity contribution < 1.29 is 13.9 Å². The number of carbonyl (C=O) groups excluding carboxylic acids is 1. The van der Waals surface area contributed by atoms with Crippen LogP contribution < -0.4 is 0 Å². The minimum atomic E-state index is -0.583. The number of H-pyrrole nitrogens is 1. The quantitative estimate of drug-likeness (QED) is 0.673. The maximum atomic E-state index is 13.7. The fraction of sp³-hybridized carbons (Fsp3) is 0.182. The Labute approximate surface area is 110 Å². The van der Waals surface area contributed by atoms with Crippen LogP contribution in [0.15, 0.2) is 16.6 Å². The molecule has 1 heterocycles. The lowest BCUT2D eigenvalue weighted by Crippen LogP contribution is -2.04. The lowest BCUT2D eigenvalue weighted by molar-refractivity contribution is 0.0520. The second-order valence-corrected chi connectivity index (χ2v) is 4.61. The highest BCUT2D eigenvalue weighted by Gasteiger charge is 2.16. The number of benzene rings is 1. The molecule has 0 atom stereocenters. The Morgan fingerprint density at radius 2 is 2.29 bits per heavy atom. The summed E-state index contributed by atoms with van der Waals surface area (Å²) in [7, 11) is 0. The Morgan fingerprint density at radius 1 is 1.59 bits per heavy atom. The molecule has 0 spiro atoms. The van der Waals surface area contributed by atoms with Gasteiger partial charge < -0.3 is 9.72 Å². The molecule has 1 N–H and O–H groups in total. The van der Waals surface area contributed by atoms with E-state index in [1.807, 2.05) is 0 Å². The number of halogens is 3. The number of fused-ring (bicyclic) bond motifs is 1. The molecule has 0 fully saturated rings. The lowest BCUT2D eigenvalue weighted by atomic mass is 10.2. The molecule has 0 aliphatic heterocycles. The van der Waals surface area contributed by atoms with Crippen LogP contribution in [0.4, 0.5) is 4.39 Å². The summed E-state index contributed by atoms with van der Waals surface area (Å²) in [6, 6.07) is 2.97. The minimum Gasteiger partial charge on any atom is -0.461 e. The molecule has 0 aliphatic rings. The largest absolute Gasteiger partial charge is 0.461 e. The van der Waals surface area contributed by atoms with Crippen molar-refractivity contribution in [2.45, 2.75) is 6.92 Å². The monoisotopic (exact) mass is 319 g/mol. The van der Waals surface area contributed by atoms with Gasteiger partial charge in [-0.2, -0.15) is 0 Å². The van der Waals surface area contributed by atoms with Crippen LogP contribution in [0.1, 0.15) is 17.4 Å². The summed E-state index contributed by atoms with van der Waals surface area (Å²) in [4.78, 5) is 14.2. The van der Waals surface area contributed by atoms with Crippen LogP contribution >= 0.6 is 27.5 Å². The third-order valence-corrected chi connectivity index (χ3v) is 3.18. The highest BCUT2D eigenvalue weighted by atomic mass is 79.9. The van der Waals surface area contributed by atoms with E-state index in [-0.39, 0.29) is 22.8 Å². The van der Waals surface area contributed by atoms with E-state index in [0.717, 1.165) is 0 Å². The van der Waals surface area contributed by atoms with Crippen molar-refractivity contribution in [1.82, 2.24) is 4.98 Å². The molecule has 0 saturated carbocycles. The molecule has 0 bridgehead atoms. The van der Waals surface area contributed by atoms with E-state index in [4.69, 9.17) is 16.3 Å². The first-order chi connectivity index (χ1) is 8.04. The zero-order chi connectivity index (χ0) is 12.6. The van der Waals surface area contributed by atoms with Gasteiger partial charge in [-0.3, -0.25) is 0 Å². The van der Waals surface area contributed by atoms with Gasteiger partial charge in [-0.15, -0.1) is 0 Å². The summed E-state index contributed by atoms with van der Waals surface area (Å²) in [5.74, 6) is -1.11. The first-order valence-corrected chi connectivity index (χ1v) is 6.05. The van der Waals surface area contributed by atoms with E-state index in [1.54, 1.807) is 6.92 Å². The number of esters is 1. The molecule has 0 radical (unpaired) electrons. The molecule has 0 saturated heterocycles. The first kappa shape index (κ1) is 12.4. The summed E-state index contributed by atoms with van der Waals surface area (Å²) in [5, 5.41) is 0.539. The second-order valence-electron chi connectivity index (χ2n) is 3.35. The predicted octanol–water partition coefficient (Wildman–Crippen LogP) is 3.90. The van der Waals surface area contributed by atoms with E-state index in [9.17, 15) is 9.18 Å². The average Bonchev–Trinajstić information content (AvgIpc) is 2.72. The Bertz CT molecular complexity index is 597. The van der Waals surface area contributed by atoms with Gasteiger partial charge in [0.05, 0.1) is 17.1 Å². The molecular weight excluding hydrogens is 312 g/mol. The van der Waals surface area contributed by atoms with Crippen molar-refractivity contribution in [3.8, 4) is 0 Å². The highest BCUT2D eigenvalue weighted by molar-refractivity contribution is 9.10. The molecule has 1 aromatic carbocycles. The van der Waals surface area contributed by atoms with E-state index in [0.29, 0.717) is 9.86 Å². The smallest absolute Gasteiger partial charge is 0.354 e. The standard InChI is InChI=1S/C11H8BrClFNO2/c1-2-17-11(16)8-3-5-6(12)4-7(13)9(14)10(5)15-8/h3-4,15H,2H2,1H3. The number of nitrogens with one attached hydrogen (secondary N) is 1. The van der Waals surface area contributed by atoms with Crippen LogP contribution in [0.3, 0.4) is 0 Å². The van der Waals surface area contributed by atoms with Crippen molar-refractivity contribution in [2.24, 2.45) is 0 Å². The summed E-state index contributed by atoms with van der Waals surface area (Å²) in [6.45, 7) is 1.96. The van der Waals surface area contributed by atoms with Crippen LogP contribution in [0.2, 0.25) is 5.02 Å². The van der Waals surface area contributed by atoms with Crippen molar-refractivity contribution in [1.29, 1.82) is 0 Å². The fourth-order valence-electron chi connectivity index (χ4n) is 1.51. The number of carbonyl (C=O) groups is 1. The zero-order valence-corrected chi connectivity index (χ0v) is 11.2. The summed E-state index contributed by atoms with van der Waals surface area (Å²) < 4.78 is 19.1. The molecule has 2 aromatic rings. The van der Waals surface area contributed by atoms with Gasteiger partial charge in [0.1, 0.15) is 5.69 Å². The van der Waals surface area contributed by atoms with E-state index < -0.39 is 11.8 Å². The Balaban J connectivity index is 2.61. The summed E-state index contributed by atoms with van der Waals surface area (Å²) in [5.41, 5.74) is 0.385. The predicted molar refractivity (Wildman–Crippen MR) is 66.9 cm³/mol. The molecule has 17 heavy (non-hydrogen) atoms. The summed E-state index contributed by atoms with van der Waals surface area (Å²) >= 11 is 8.96. The van der Waals surface area contributed by atoms with Crippen molar-refractivity contribution >= 4 is 44.4 Å². The molecule has 2 rings (SSSR count). The fourth-order valence-corrected chi connectivity index (χ4v) is 2.38.